The summed E-state index contributed by atoms with van der Waals surface area (Å²) in [5.74, 6) is 0. The van der Waals surface area contributed by atoms with Gasteiger partial charge in [0.05, 0.1) is 10.6 Å². The normalized spacial score (nSPS) is 10.8. The first-order chi connectivity index (χ1) is 10.1. The summed E-state index contributed by atoms with van der Waals surface area (Å²) in [6.45, 7) is 1.90. The molecule has 0 spiro atoms. The topological polar surface area (TPSA) is 37.8 Å². The van der Waals surface area contributed by atoms with Gasteiger partial charge in [-0.2, -0.15) is 0 Å². The molecule has 2 aromatic carbocycles. The number of benzene rings is 2. The zero-order valence-electron chi connectivity index (χ0n) is 11.3. The first-order valence-electron chi connectivity index (χ1n) is 6.45. The smallest absolute Gasteiger partial charge is 0.285 e. The SMILES string of the molecule is Cc1[nH]n(-c2ccccc2)c(=O)c1Sc1cccc(Cl)c1. The van der Waals surface area contributed by atoms with E-state index in [0.717, 1.165) is 16.3 Å². The molecule has 0 aliphatic rings. The zero-order valence-corrected chi connectivity index (χ0v) is 12.9. The number of hydrogen-bond donors (Lipinski definition) is 1. The lowest BCUT2D eigenvalue weighted by atomic mass is 10.3. The van der Waals surface area contributed by atoms with Gasteiger partial charge in [-0.05, 0) is 37.3 Å². The van der Waals surface area contributed by atoms with Crippen LogP contribution in [0.15, 0.2) is 69.2 Å². The van der Waals surface area contributed by atoms with Crippen LogP contribution in [0.25, 0.3) is 5.69 Å². The molecule has 0 saturated carbocycles. The van der Waals surface area contributed by atoms with Gasteiger partial charge in [-0.15, -0.1) is 0 Å². The number of H-pyrrole nitrogens is 1. The molecule has 21 heavy (non-hydrogen) atoms. The molecule has 1 N–H and O–H groups in total. The minimum atomic E-state index is -0.0522. The average molecular weight is 317 g/mol. The molecule has 3 nitrogen and oxygen atoms in total. The fourth-order valence-electron chi connectivity index (χ4n) is 2.06. The first-order valence-corrected chi connectivity index (χ1v) is 7.65. The molecule has 3 aromatic rings. The van der Waals surface area contributed by atoms with E-state index in [1.54, 1.807) is 4.68 Å². The fourth-order valence-corrected chi connectivity index (χ4v) is 3.26. The largest absolute Gasteiger partial charge is 0.294 e. The van der Waals surface area contributed by atoms with Gasteiger partial charge < -0.3 is 0 Å². The van der Waals surface area contributed by atoms with E-state index in [9.17, 15) is 4.79 Å². The summed E-state index contributed by atoms with van der Waals surface area (Å²) in [5.41, 5.74) is 1.61. The van der Waals surface area contributed by atoms with Crippen molar-refractivity contribution in [3.63, 3.8) is 0 Å². The second-order valence-electron chi connectivity index (χ2n) is 4.60. The Labute approximate surface area is 131 Å². The molecular formula is C16H13ClN2OS. The third-order valence-electron chi connectivity index (χ3n) is 3.05. The molecule has 0 bridgehead atoms. The maximum Gasteiger partial charge on any atom is 0.285 e. The van der Waals surface area contributed by atoms with Crippen LogP contribution in [0.4, 0.5) is 0 Å². The summed E-state index contributed by atoms with van der Waals surface area (Å²) in [6.07, 6.45) is 0. The van der Waals surface area contributed by atoms with Crippen molar-refractivity contribution < 1.29 is 0 Å². The molecule has 1 heterocycles. The highest BCUT2D eigenvalue weighted by molar-refractivity contribution is 7.99. The van der Waals surface area contributed by atoms with Gasteiger partial charge in [0.2, 0.25) is 0 Å². The summed E-state index contributed by atoms with van der Waals surface area (Å²) in [5, 5.41) is 3.78. The van der Waals surface area contributed by atoms with Crippen molar-refractivity contribution in [2.45, 2.75) is 16.7 Å². The number of halogens is 1. The highest BCUT2D eigenvalue weighted by Crippen LogP contribution is 2.29. The van der Waals surface area contributed by atoms with Crippen LogP contribution in [0, 0.1) is 6.92 Å². The van der Waals surface area contributed by atoms with Gasteiger partial charge in [0.15, 0.2) is 0 Å². The van der Waals surface area contributed by atoms with Crippen molar-refractivity contribution in [1.29, 1.82) is 0 Å². The third-order valence-corrected chi connectivity index (χ3v) is 4.46. The molecule has 0 unspecified atom stereocenters. The number of para-hydroxylation sites is 1. The lowest BCUT2D eigenvalue weighted by Gasteiger charge is -2.00. The average Bonchev–Trinajstić information content (AvgIpc) is 2.76. The third kappa shape index (κ3) is 2.91. The molecule has 3 rings (SSSR count). The molecule has 0 aliphatic carbocycles. The van der Waals surface area contributed by atoms with E-state index in [0.29, 0.717) is 9.92 Å². The lowest BCUT2D eigenvalue weighted by Crippen LogP contribution is -2.15. The van der Waals surface area contributed by atoms with Gasteiger partial charge in [-0.1, -0.05) is 47.6 Å². The van der Waals surface area contributed by atoms with Crippen molar-refractivity contribution in [1.82, 2.24) is 9.78 Å². The van der Waals surface area contributed by atoms with Crippen LogP contribution < -0.4 is 5.56 Å². The number of aryl methyl sites for hydroxylation is 1. The molecule has 0 atom stereocenters. The van der Waals surface area contributed by atoms with Crippen LogP contribution in [0.1, 0.15) is 5.69 Å². The maximum absolute atomic E-state index is 12.6. The summed E-state index contributed by atoms with van der Waals surface area (Å²) in [4.78, 5) is 14.2. The van der Waals surface area contributed by atoms with Crippen molar-refractivity contribution in [2.24, 2.45) is 0 Å². The Morgan fingerprint density at radius 2 is 1.86 bits per heavy atom. The Bertz CT molecular complexity index is 824. The molecular weight excluding hydrogens is 304 g/mol. The van der Waals surface area contributed by atoms with E-state index in [-0.39, 0.29) is 5.56 Å². The fraction of sp³-hybridized carbons (Fsp3) is 0.0625. The summed E-state index contributed by atoms with van der Waals surface area (Å²) < 4.78 is 1.56. The predicted octanol–water partition coefficient (Wildman–Crippen LogP) is 4.28. The van der Waals surface area contributed by atoms with Gasteiger partial charge in [0.25, 0.3) is 5.56 Å². The molecule has 0 radical (unpaired) electrons. The number of nitrogens with zero attached hydrogens (tertiary/aromatic N) is 1. The Morgan fingerprint density at radius 3 is 2.57 bits per heavy atom. The van der Waals surface area contributed by atoms with Crippen LogP contribution in [0.5, 0.6) is 0 Å². The second kappa shape index (κ2) is 5.84. The van der Waals surface area contributed by atoms with Crippen molar-refractivity contribution in [2.75, 3.05) is 0 Å². The molecule has 106 valence electrons. The Morgan fingerprint density at radius 1 is 1.10 bits per heavy atom. The molecule has 0 aliphatic heterocycles. The van der Waals surface area contributed by atoms with Gasteiger partial charge in [0.1, 0.15) is 0 Å². The zero-order chi connectivity index (χ0) is 14.8. The van der Waals surface area contributed by atoms with Crippen molar-refractivity contribution in [3.8, 4) is 5.69 Å². The minimum Gasteiger partial charge on any atom is -0.294 e. The molecule has 5 heteroatoms. The minimum absolute atomic E-state index is 0.0522. The van der Waals surface area contributed by atoms with E-state index < -0.39 is 0 Å². The second-order valence-corrected chi connectivity index (χ2v) is 6.12. The van der Waals surface area contributed by atoms with Gasteiger partial charge in [0, 0.05) is 15.6 Å². The highest BCUT2D eigenvalue weighted by atomic mass is 35.5. The number of aromatic nitrogens is 2. The van der Waals surface area contributed by atoms with Crippen LogP contribution in [0.3, 0.4) is 0 Å². The number of nitrogens with one attached hydrogen (secondary N) is 1. The van der Waals surface area contributed by atoms with Crippen LogP contribution in [-0.2, 0) is 0 Å². The lowest BCUT2D eigenvalue weighted by molar-refractivity contribution is 0.834. The van der Waals surface area contributed by atoms with E-state index in [1.165, 1.54) is 11.8 Å². The van der Waals surface area contributed by atoms with E-state index in [1.807, 2.05) is 61.5 Å². The van der Waals surface area contributed by atoms with Crippen molar-refractivity contribution >= 4 is 23.4 Å². The standard InChI is InChI=1S/C16H13ClN2OS/c1-11-15(21-14-9-5-6-12(17)10-14)16(20)19(18-11)13-7-3-2-4-8-13/h2-10,18H,1H3. The Balaban J connectivity index is 2.01. The van der Waals surface area contributed by atoms with E-state index in [4.69, 9.17) is 11.6 Å². The molecule has 0 saturated heterocycles. The maximum atomic E-state index is 12.6. The number of rotatable bonds is 3. The Kier molecular flexibility index (Phi) is 3.90. The summed E-state index contributed by atoms with van der Waals surface area (Å²) >= 11 is 7.41. The van der Waals surface area contributed by atoms with Crippen LogP contribution in [0.2, 0.25) is 5.02 Å². The van der Waals surface area contributed by atoms with Crippen LogP contribution >= 0.6 is 23.4 Å². The predicted molar refractivity (Wildman–Crippen MR) is 86.7 cm³/mol. The molecule has 0 fully saturated rings. The number of aromatic amines is 1. The van der Waals surface area contributed by atoms with Gasteiger partial charge in [-0.3, -0.25) is 9.89 Å². The van der Waals surface area contributed by atoms with E-state index in [2.05, 4.69) is 5.10 Å². The molecule has 1 aromatic heterocycles. The van der Waals surface area contributed by atoms with Crippen LogP contribution in [-0.4, -0.2) is 9.78 Å². The monoisotopic (exact) mass is 316 g/mol. The van der Waals surface area contributed by atoms with Gasteiger partial charge in [-0.25, -0.2) is 4.68 Å². The summed E-state index contributed by atoms with van der Waals surface area (Å²) in [6, 6.07) is 17.0. The quantitative estimate of drug-likeness (QED) is 0.783. The van der Waals surface area contributed by atoms with Gasteiger partial charge >= 0.3 is 0 Å². The highest BCUT2D eigenvalue weighted by Gasteiger charge is 2.13. The Hall–Kier alpha value is -1.91. The molecule has 0 amide bonds. The van der Waals surface area contributed by atoms with Crippen molar-refractivity contribution in [3.05, 3.63) is 75.7 Å². The first kappa shape index (κ1) is 14.0. The summed E-state index contributed by atoms with van der Waals surface area (Å²) in [7, 11) is 0. The van der Waals surface area contributed by atoms with E-state index >= 15 is 0 Å². The number of hydrogen-bond acceptors (Lipinski definition) is 2.